The molecule has 1 aromatic rings. The maximum Gasteiger partial charge on any atom is 0.326 e. The molecule has 0 saturated carbocycles. The third kappa shape index (κ3) is 4.81. The Morgan fingerprint density at radius 1 is 1.35 bits per heavy atom. The first-order valence-corrected chi connectivity index (χ1v) is 6.88. The van der Waals surface area contributed by atoms with Gasteiger partial charge in [-0.2, -0.15) is 0 Å². The van der Waals surface area contributed by atoms with Gasteiger partial charge in [-0.15, -0.1) is 11.8 Å². The largest absolute Gasteiger partial charge is 0.480 e. The molecular weight excluding hydrogens is 282 g/mol. The van der Waals surface area contributed by atoms with Crippen molar-refractivity contribution >= 4 is 35.4 Å². The van der Waals surface area contributed by atoms with E-state index in [9.17, 15) is 14.4 Å². The maximum atomic E-state index is 11.7. The molecule has 0 radical (unpaired) electrons. The van der Waals surface area contributed by atoms with Gasteiger partial charge in [-0.3, -0.25) is 4.79 Å². The van der Waals surface area contributed by atoms with E-state index < -0.39 is 30.4 Å². The van der Waals surface area contributed by atoms with Gasteiger partial charge in [-0.1, -0.05) is 12.1 Å². The number of anilines is 1. The lowest BCUT2D eigenvalue weighted by Crippen LogP contribution is -2.45. The Kier molecular flexibility index (Phi) is 5.85. The van der Waals surface area contributed by atoms with Crippen LogP contribution in [-0.4, -0.2) is 35.3 Å². The quantitative estimate of drug-likeness (QED) is 0.580. The van der Waals surface area contributed by atoms with Gasteiger partial charge in [-0.25, -0.2) is 9.59 Å². The van der Waals surface area contributed by atoms with E-state index >= 15 is 0 Å². The summed E-state index contributed by atoms with van der Waals surface area (Å²) in [7, 11) is 0. The van der Waals surface area contributed by atoms with Crippen LogP contribution in [0.25, 0.3) is 0 Å². The second kappa shape index (κ2) is 7.39. The Labute approximate surface area is 119 Å². The normalized spacial score (nSPS) is 11.4. The summed E-state index contributed by atoms with van der Waals surface area (Å²) in [5.74, 6) is -2.13. The van der Waals surface area contributed by atoms with Crippen molar-refractivity contribution in [3.05, 3.63) is 24.3 Å². The molecule has 0 saturated heterocycles. The van der Waals surface area contributed by atoms with Gasteiger partial charge in [0.25, 0.3) is 0 Å². The lowest BCUT2D eigenvalue weighted by molar-refractivity contribution is -0.140. The standard InChI is InChI=1S/C12H15N3O4S/c1-20-9-5-3-2-4-7(9)14-12(19)15-8(11(17)18)6-10(13)16/h2-5,8H,6H2,1H3,(H2,13,16)(H,17,18)(H2,14,15,19). The van der Waals surface area contributed by atoms with Crippen molar-refractivity contribution in [2.45, 2.75) is 17.4 Å². The summed E-state index contributed by atoms with van der Waals surface area (Å²) in [5.41, 5.74) is 5.48. The SMILES string of the molecule is CSc1ccccc1NC(=O)NC(CC(N)=O)C(=O)O. The zero-order valence-electron chi connectivity index (χ0n) is 10.8. The fourth-order valence-corrected chi connectivity index (χ4v) is 2.02. The molecule has 1 rings (SSSR count). The highest BCUT2D eigenvalue weighted by molar-refractivity contribution is 7.98. The predicted octanol–water partition coefficient (Wildman–Crippen LogP) is 0.859. The molecule has 0 heterocycles. The number of thioether (sulfide) groups is 1. The highest BCUT2D eigenvalue weighted by Gasteiger charge is 2.22. The van der Waals surface area contributed by atoms with Gasteiger partial charge in [-0.05, 0) is 18.4 Å². The van der Waals surface area contributed by atoms with E-state index in [-0.39, 0.29) is 0 Å². The zero-order valence-corrected chi connectivity index (χ0v) is 11.6. The summed E-state index contributed by atoms with van der Waals surface area (Å²) in [6.07, 6.45) is 1.39. The molecule has 0 fully saturated rings. The Morgan fingerprint density at radius 2 is 2.00 bits per heavy atom. The van der Waals surface area contributed by atoms with E-state index in [1.165, 1.54) is 11.8 Å². The molecule has 0 aliphatic heterocycles. The number of carboxylic acid groups (broad SMARTS) is 1. The molecule has 0 bridgehead atoms. The van der Waals surface area contributed by atoms with Crippen LogP contribution in [0.3, 0.4) is 0 Å². The summed E-state index contributed by atoms with van der Waals surface area (Å²) in [6.45, 7) is 0. The van der Waals surface area contributed by atoms with Gasteiger partial charge >= 0.3 is 12.0 Å². The number of carbonyl (C=O) groups excluding carboxylic acids is 2. The lowest BCUT2D eigenvalue weighted by Gasteiger charge is -2.14. The van der Waals surface area contributed by atoms with Gasteiger partial charge in [0.05, 0.1) is 12.1 Å². The third-order valence-electron chi connectivity index (χ3n) is 2.36. The molecule has 1 aromatic carbocycles. The number of urea groups is 1. The van der Waals surface area contributed by atoms with Crippen molar-refractivity contribution in [1.29, 1.82) is 0 Å². The van der Waals surface area contributed by atoms with Gasteiger partial charge in [0.2, 0.25) is 5.91 Å². The number of primary amides is 1. The van der Waals surface area contributed by atoms with Gasteiger partial charge < -0.3 is 21.5 Å². The molecule has 8 heteroatoms. The van der Waals surface area contributed by atoms with Gasteiger partial charge in [0.1, 0.15) is 6.04 Å². The van der Waals surface area contributed by atoms with E-state index in [0.717, 1.165) is 4.90 Å². The van der Waals surface area contributed by atoms with E-state index in [2.05, 4.69) is 10.6 Å². The topological polar surface area (TPSA) is 122 Å². The predicted molar refractivity (Wildman–Crippen MR) is 75.6 cm³/mol. The number of carboxylic acids is 1. The van der Waals surface area contributed by atoms with Crippen molar-refractivity contribution in [3.63, 3.8) is 0 Å². The fourth-order valence-electron chi connectivity index (χ4n) is 1.47. The highest BCUT2D eigenvalue weighted by Crippen LogP contribution is 2.24. The summed E-state index contributed by atoms with van der Waals surface area (Å²) in [6, 6.07) is 5.01. The van der Waals surface area contributed by atoms with Crippen molar-refractivity contribution in [2.75, 3.05) is 11.6 Å². The minimum absolute atomic E-state index is 0.465. The molecule has 20 heavy (non-hydrogen) atoms. The van der Waals surface area contributed by atoms with Gasteiger partial charge in [0, 0.05) is 4.90 Å². The number of nitrogens with two attached hydrogens (primary N) is 1. The van der Waals surface area contributed by atoms with Crippen LogP contribution >= 0.6 is 11.8 Å². The van der Waals surface area contributed by atoms with E-state index in [0.29, 0.717) is 5.69 Å². The second-order valence-corrected chi connectivity index (χ2v) is 4.71. The molecule has 1 atom stereocenters. The maximum absolute atomic E-state index is 11.7. The van der Waals surface area contributed by atoms with Crippen LogP contribution in [0.2, 0.25) is 0 Å². The number of para-hydroxylation sites is 1. The van der Waals surface area contributed by atoms with Crippen LogP contribution in [0.5, 0.6) is 0 Å². The number of rotatable bonds is 6. The van der Waals surface area contributed by atoms with Crippen LogP contribution in [-0.2, 0) is 9.59 Å². The monoisotopic (exact) mass is 297 g/mol. The third-order valence-corrected chi connectivity index (χ3v) is 3.16. The Bertz CT molecular complexity index is 521. The smallest absolute Gasteiger partial charge is 0.326 e. The Hall–Kier alpha value is -2.22. The molecule has 5 N–H and O–H groups in total. The summed E-state index contributed by atoms with van der Waals surface area (Å²) >= 11 is 1.44. The molecule has 0 aliphatic carbocycles. The average molecular weight is 297 g/mol. The number of benzene rings is 1. The molecule has 7 nitrogen and oxygen atoms in total. The number of hydrogen-bond acceptors (Lipinski definition) is 4. The number of carbonyl (C=O) groups is 3. The van der Waals surface area contributed by atoms with Crippen molar-refractivity contribution in [1.82, 2.24) is 5.32 Å². The van der Waals surface area contributed by atoms with E-state index in [1.807, 2.05) is 18.4 Å². The van der Waals surface area contributed by atoms with Crippen LogP contribution in [0, 0.1) is 0 Å². The first-order chi connectivity index (χ1) is 9.43. The Morgan fingerprint density at radius 3 is 2.55 bits per heavy atom. The van der Waals surface area contributed by atoms with Crippen molar-refractivity contribution in [2.24, 2.45) is 5.73 Å². The minimum atomic E-state index is -1.35. The molecule has 1 unspecified atom stereocenters. The lowest BCUT2D eigenvalue weighted by atomic mass is 10.2. The highest BCUT2D eigenvalue weighted by atomic mass is 32.2. The first kappa shape index (κ1) is 15.8. The van der Waals surface area contributed by atoms with Crippen molar-refractivity contribution < 1.29 is 19.5 Å². The number of hydrogen-bond donors (Lipinski definition) is 4. The Balaban J connectivity index is 2.70. The van der Waals surface area contributed by atoms with Crippen molar-refractivity contribution in [3.8, 4) is 0 Å². The first-order valence-electron chi connectivity index (χ1n) is 5.65. The average Bonchev–Trinajstić information content (AvgIpc) is 2.37. The molecule has 108 valence electrons. The second-order valence-electron chi connectivity index (χ2n) is 3.86. The zero-order chi connectivity index (χ0) is 15.1. The van der Waals surface area contributed by atoms with E-state index in [1.54, 1.807) is 12.1 Å². The summed E-state index contributed by atoms with van der Waals surface area (Å²) in [5, 5.41) is 13.6. The van der Waals surface area contributed by atoms with E-state index in [4.69, 9.17) is 10.8 Å². The van der Waals surface area contributed by atoms with Crippen LogP contribution in [0.4, 0.5) is 10.5 Å². The molecular formula is C12H15N3O4S. The van der Waals surface area contributed by atoms with Crippen LogP contribution < -0.4 is 16.4 Å². The molecule has 0 spiro atoms. The van der Waals surface area contributed by atoms with Crippen LogP contribution in [0.1, 0.15) is 6.42 Å². The van der Waals surface area contributed by atoms with Gasteiger partial charge in [0.15, 0.2) is 0 Å². The molecule has 3 amide bonds. The fraction of sp³-hybridized carbons (Fsp3) is 0.250. The number of nitrogens with one attached hydrogen (secondary N) is 2. The minimum Gasteiger partial charge on any atom is -0.480 e. The number of amides is 3. The summed E-state index contributed by atoms with van der Waals surface area (Å²) < 4.78 is 0. The summed E-state index contributed by atoms with van der Waals surface area (Å²) in [4.78, 5) is 34.2. The molecule has 0 aliphatic rings. The van der Waals surface area contributed by atoms with Crippen LogP contribution in [0.15, 0.2) is 29.2 Å². The number of aliphatic carboxylic acids is 1. The molecule has 0 aromatic heterocycles.